The predicted molar refractivity (Wildman–Crippen MR) is 92.8 cm³/mol. The minimum Gasteiger partial charge on any atom is -0.344 e. The van der Waals surface area contributed by atoms with E-state index in [-0.39, 0.29) is 6.54 Å². The maximum atomic E-state index is 11.2. The van der Waals surface area contributed by atoms with Gasteiger partial charge in [-0.2, -0.15) is 0 Å². The first-order chi connectivity index (χ1) is 10.8. The molecule has 3 aromatic rings. The number of rotatable bonds is 4. The molecule has 0 saturated carbocycles. The standard InChI is InChI=1S/C16H16ClN3O2S/c1-20-15(6-12-3-4-14(17)7-16(12)20)13-5-11(8-18-10-13)9-19-23(2,21)22/h3-8,10,19H,9H2,1-2H3. The van der Waals surface area contributed by atoms with Crippen LogP contribution in [0.4, 0.5) is 0 Å². The van der Waals surface area contributed by atoms with E-state index in [1.54, 1.807) is 12.4 Å². The lowest BCUT2D eigenvalue weighted by Gasteiger charge is -2.07. The molecule has 1 N–H and O–H groups in total. The fourth-order valence-corrected chi connectivity index (χ4v) is 3.11. The summed E-state index contributed by atoms with van der Waals surface area (Å²) in [6, 6.07) is 9.75. The number of sulfonamides is 1. The van der Waals surface area contributed by atoms with Gasteiger partial charge in [0.1, 0.15) is 0 Å². The van der Waals surface area contributed by atoms with E-state index in [0.717, 1.165) is 34.0 Å². The smallest absolute Gasteiger partial charge is 0.209 e. The minimum atomic E-state index is -3.23. The van der Waals surface area contributed by atoms with Crippen LogP contribution in [0.2, 0.25) is 5.02 Å². The summed E-state index contributed by atoms with van der Waals surface area (Å²) in [4.78, 5) is 4.22. The summed E-state index contributed by atoms with van der Waals surface area (Å²) in [5.41, 5.74) is 3.76. The molecule has 23 heavy (non-hydrogen) atoms. The molecule has 7 heteroatoms. The van der Waals surface area contributed by atoms with Gasteiger partial charge in [0.05, 0.1) is 11.9 Å². The van der Waals surface area contributed by atoms with E-state index in [1.807, 2.05) is 35.9 Å². The topological polar surface area (TPSA) is 64.0 Å². The molecular weight excluding hydrogens is 334 g/mol. The number of pyridine rings is 1. The normalized spacial score (nSPS) is 12.0. The molecule has 3 rings (SSSR count). The van der Waals surface area contributed by atoms with E-state index in [2.05, 4.69) is 15.8 Å². The molecule has 1 aromatic carbocycles. The summed E-state index contributed by atoms with van der Waals surface area (Å²) in [7, 11) is -1.26. The summed E-state index contributed by atoms with van der Waals surface area (Å²) in [5, 5.41) is 1.78. The van der Waals surface area contributed by atoms with E-state index < -0.39 is 10.0 Å². The Balaban J connectivity index is 2.00. The van der Waals surface area contributed by atoms with Crippen molar-refractivity contribution in [3.63, 3.8) is 0 Å². The Morgan fingerprint density at radius 2 is 2.00 bits per heavy atom. The molecule has 0 bridgehead atoms. The average molecular weight is 350 g/mol. The van der Waals surface area contributed by atoms with Crippen molar-refractivity contribution in [3.8, 4) is 11.3 Å². The molecule has 0 atom stereocenters. The van der Waals surface area contributed by atoms with Crippen LogP contribution in [-0.2, 0) is 23.6 Å². The van der Waals surface area contributed by atoms with Gasteiger partial charge in [-0.1, -0.05) is 17.7 Å². The quantitative estimate of drug-likeness (QED) is 0.787. The van der Waals surface area contributed by atoms with Crippen LogP contribution in [-0.4, -0.2) is 24.2 Å². The lowest BCUT2D eigenvalue weighted by atomic mass is 10.1. The van der Waals surface area contributed by atoms with Gasteiger partial charge in [0.15, 0.2) is 0 Å². The lowest BCUT2D eigenvalue weighted by molar-refractivity contribution is 0.587. The van der Waals surface area contributed by atoms with E-state index in [1.165, 1.54) is 0 Å². The van der Waals surface area contributed by atoms with Crippen LogP contribution in [0.25, 0.3) is 22.2 Å². The Bertz CT molecular complexity index is 980. The Hall–Kier alpha value is -1.89. The van der Waals surface area contributed by atoms with Crippen molar-refractivity contribution in [3.05, 3.63) is 53.3 Å². The summed E-state index contributed by atoms with van der Waals surface area (Å²) in [6.45, 7) is 0.218. The first-order valence-corrected chi connectivity index (χ1v) is 9.24. The fraction of sp³-hybridized carbons (Fsp3) is 0.188. The molecule has 0 amide bonds. The van der Waals surface area contributed by atoms with Gasteiger partial charge in [-0.15, -0.1) is 0 Å². The first-order valence-electron chi connectivity index (χ1n) is 6.97. The molecule has 2 aromatic heterocycles. The molecule has 0 radical (unpaired) electrons. The van der Waals surface area contributed by atoms with Crippen LogP contribution in [0.3, 0.4) is 0 Å². The number of benzene rings is 1. The van der Waals surface area contributed by atoms with Crippen LogP contribution in [0.1, 0.15) is 5.56 Å². The molecule has 0 saturated heterocycles. The van der Waals surface area contributed by atoms with Crippen molar-refractivity contribution >= 4 is 32.5 Å². The van der Waals surface area contributed by atoms with Crippen molar-refractivity contribution in [2.45, 2.75) is 6.54 Å². The summed E-state index contributed by atoms with van der Waals surface area (Å²) in [5.74, 6) is 0. The molecule has 0 spiro atoms. The Morgan fingerprint density at radius 3 is 2.74 bits per heavy atom. The largest absolute Gasteiger partial charge is 0.344 e. The van der Waals surface area contributed by atoms with Crippen molar-refractivity contribution < 1.29 is 8.42 Å². The third kappa shape index (κ3) is 3.55. The predicted octanol–water partition coefficient (Wildman–Crippen LogP) is 2.94. The van der Waals surface area contributed by atoms with Crippen molar-refractivity contribution in [2.75, 3.05) is 6.26 Å². The monoisotopic (exact) mass is 349 g/mol. The van der Waals surface area contributed by atoms with Gasteiger partial charge in [-0.05, 0) is 29.8 Å². The van der Waals surface area contributed by atoms with Crippen LogP contribution in [0.15, 0.2) is 42.7 Å². The lowest BCUT2D eigenvalue weighted by Crippen LogP contribution is -2.21. The van der Waals surface area contributed by atoms with Crippen molar-refractivity contribution in [1.29, 1.82) is 0 Å². The number of halogens is 1. The highest BCUT2D eigenvalue weighted by molar-refractivity contribution is 7.88. The molecule has 0 aliphatic carbocycles. The third-order valence-corrected chi connectivity index (χ3v) is 4.54. The van der Waals surface area contributed by atoms with Crippen LogP contribution >= 0.6 is 11.6 Å². The second-order valence-electron chi connectivity index (χ2n) is 5.47. The van der Waals surface area contributed by atoms with Gasteiger partial charge < -0.3 is 4.57 Å². The Labute approximate surface area is 140 Å². The highest BCUT2D eigenvalue weighted by atomic mass is 35.5. The summed E-state index contributed by atoms with van der Waals surface area (Å²) >= 11 is 6.06. The van der Waals surface area contributed by atoms with Crippen LogP contribution < -0.4 is 4.72 Å². The van der Waals surface area contributed by atoms with E-state index in [9.17, 15) is 8.42 Å². The number of nitrogens with zero attached hydrogens (tertiary/aromatic N) is 2. The zero-order chi connectivity index (χ0) is 16.6. The second-order valence-corrected chi connectivity index (χ2v) is 7.74. The molecule has 0 aliphatic rings. The highest BCUT2D eigenvalue weighted by Gasteiger charge is 2.10. The average Bonchev–Trinajstić information content (AvgIpc) is 2.82. The van der Waals surface area contributed by atoms with Crippen molar-refractivity contribution in [1.82, 2.24) is 14.3 Å². The van der Waals surface area contributed by atoms with E-state index >= 15 is 0 Å². The molecular formula is C16H16ClN3O2S. The van der Waals surface area contributed by atoms with Crippen LogP contribution in [0, 0.1) is 0 Å². The fourth-order valence-electron chi connectivity index (χ4n) is 2.52. The van der Waals surface area contributed by atoms with Crippen molar-refractivity contribution in [2.24, 2.45) is 7.05 Å². The van der Waals surface area contributed by atoms with E-state index in [4.69, 9.17) is 11.6 Å². The number of nitrogens with one attached hydrogen (secondary N) is 1. The highest BCUT2D eigenvalue weighted by Crippen LogP contribution is 2.29. The molecule has 0 fully saturated rings. The van der Waals surface area contributed by atoms with Gasteiger partial charge >= 0.3 is 0 Å². The number of hydrogen-bond acceptors (Lipinski definition) is 3. The van der Waals surface area contributed by atoms with Gasteiger partial charge in [0.2, 0.25) is 10.0 Å². The third-order valence-electron chi connectivity index (χ3n) is 3.64. The SMILES string of the molecule is Cn1c(-c2cncc(CNS(C)(=O)=O)c2)cc2ccc(Cl)cc21. The van der Waals surface area contributed by atoms with Crippen LogP contribution in [0.5, 0.6) is 0 Å². The zero-order valence-corrected chi connectivity index (χ0v) is 14.3. The first kappa shape index (κ1) is 16.0. The maximum Gasteiger partial charge on any atom is 0.209 e. The number of hydrogen-bond donors (Lipinski definition) is 1. The molecule has 0 aliphatic heterocycles. The molecule has 5 nitrogen and oxygen atoms in total. The summed E-state index contributed by atoms with van der Waals surface area (Å²) < 4.78 is 27.0. The summed E-state index contributed by atoms with van der Waals surface area (Å²) in [6.07, 6.45) is 4.55. The van der Waals surface area contributed by atoms with Gasteiger partial charge in [0, 0.05) is 47.5 Å². The maximum absolute atomic E-state index is 11.2. The second kappa shape index (κ2) is 5.96. The Kier molecular flexibility index (Phi) is 4.14. The molecule has 0 unspecified atom stereocenters. The number of fused-ring (bicyclic) bond motifs is 1. The zero-order valence-electron chi connectivity index (χ0n) is 12.7. The number of aromatic nitrogens is 2. The van der Waals surface area contributed by atoms with Gasteiger partial charge in [-0.3, -0.25) is 4.98 Å². The molecule has 2 heterocycles. The van der Waals surface area contributed by atoms with E-state index in [0.29, 0.717) is 5.02 Å². The van der Waals surface area contributed by atoms with Gasteiger partial charge in [-0.25, -0.2) is 13.1 Å². The Morgan fingerprint density at radius 1 is 1.22 bits per heavy atom. The van der Waals surface area contributed by atoms with Gasteiger partial charge in [0.25, 0.3) is 0 Å². The molecule has 120 valence electrons. The minimum absolute atomic E-state index is 0.218. The number of aryl methyl sites for hydroxylation is 1.